The van der Waals surface area contributed by atoms with Gasteiger partial charge in [-0.25, -0.2) is 0 Å². The molecule has 0 saturated carbocycles. The number of ether oxygens (including phenoxy) is 1. The van der Waals surface area contributed by atoms with E-state index < -0.39 is 8.07 Å². The number of hydrogen-bond donors (Lipinski definition) is 1. The predicted octanol–water partition coefficient (Wildman–Crippen LogP) is 7.65. The van der Waals surface area contributed by atoms with Crippen molar-refractivity contribution in [2.75, 3.05) is 0 Å². The van der Waals surface area contributed by atoms with Gasteiger partial charge in [-0.15, -0.1) is 0 Å². The number of aryl methyl sites for hydroxylation is 3. The van der Waals surface area contributed by atoms with Crippen LogP contribution in [0.3, 0.4) is 0 Å². The molecule has 0 amide bonds. The molecule has 0 saturated heterocycles. The van der Waals surface area contributed by atoms with Gasteiger partial charge in [0.15, 0.2) is 0 Å². The molecule has 4 aromatic carbocycles. The number of benzene rings is 4. The molecule has 0 aliphatic rings. The van der Waals surface area contributed by atoms with E-state index in [9.17, 15) is 0 Å². The Bertz CT molecular complexity index is 1300. The molecule has 1 N–H and O–H groups in total. The summed E-state index contributed by atoms with van der Waals surface area (Å²) in [6.07, 6.45) is 2.26. The zero-order valence-electron chi connectivity index (χ0n) is 22.8. The first-order chi connectivity index (χ1) is 17.8. The fourth-order valence-electron chi connectivity index (χ4n) is 4.68. The molecule has 37 heavy (non-hydrogen) atoms. The lowest BCUT2D eigenvalue weighted by Crippen LogP contribution is -2.39. The minimum absolute atomic E-state index is 0.567. The summed E-state index contributed by atoms with van der Waals surface area (Å²) in [6, 6.07) is 32.4. The van der Waals surface area contributed by atoms with Crippen LogP contribution in [0, 0.1) is 20.8 Å². The van der Waals surface area contributed by atoms with E-state index in [0.717, 1.165) is 18.8 Å². The standard InChI is InChI=1S/C34H39NOSi/c1-26-21-27(2)34(28(3)22-26)24-35-23-30-15-17-32(18-16-30)36-25-31-13-11-29(12-14-31)19-20-37(4,5)33-9-7-6-8-10-33/h6-22,35H,23-25H2,1-5H3/b20-19+. The van der Waals surface area contributed by atoms with Crippen molar-refractivity contribution in [1.29, 1.82) is 0 Å². The quantitative estimate of drug-likeness (QED) is 0.224. The minimum atomic E-state index is -1.58. The smallest absolute Gasteiger partial charge is 0.119 e. The molecule has 0 atom stereocenters. The topological polar surface area (TPSA) is 21.3 Å². The summed E-state index contributed by atoms with van der Waals surface area (Å²) >= 11 is 0. The van der Waals surface area contributed by atoms with Gasteiger partial charge in [-0.1, -0.05) is 114 Å². The molecule has 0 aliphatic carbocycles. The van der Waals surface area contributed by atoms with Crippen LogP contribution in [0.25, 0.3) is 6.08 Å². The lowest BCUT2D eigenvalue weighted by Gasteiger charge is -2.18. The molecule has 2 nitrogen and oxygen atoms in total. The summed E-state index contributed by atoms with van der Waals surface area (Å²) < 4.78 is 6.04. The molecule has 4 rings (SSSR count). The van der Waals surface area contributed by atoms with Gasteiger partial charge in [0.1, 0.15) is 20.4 Å². The molecule has 0 radical (unpaired) electrons. The summed E-state index contributed by atoms with van der Waals surface area (Å²) in [6.45, 7) is 13.6. The van der Waals surface area contributed by atoms with Gasteiger partial charge >= 0.3 is 0 Å². The number of nitrogens with one attached hydrogen (secondary N) is 1. The van der Waals surface area contributed by atoms with Gasteiger partial charge in [-0.05, 0) is 66.3 Å². The number of hydrogen-bond acceptors (Lipinski definition) is 2. The van der Waals surface area contributed by atoms with Gasteiger partial charge in [0.05, 0.1) is 0 Å². The first-order valence-electron chi connectivity index (χ1n) is 13.1. The van der Waals surface area contributed by atoms with E-state index in [1.165, 1.54) is 44.1 Å². The SMILES string of the molecule is Cc1cc(C)c(CNCc2ccc(OCc3ccc(/C=C/[Si](C)(C)c4ccccc4)cc3)cc2)c(C)c1. The molecule has 0 aliphatic heterocycles. The Morgan fingerprint density at radius 3 is 2.00 bits per heavy atom. The fourth-order valence-corrected chi connectivity index (χ4v) is 6.54. The normalized spacial score (nSPS) is 11.7. The summed E-state index contributed by atoms with van der Waals surface area (Å²) in [4.78, 5) is 0. The van der Waals surface area contributed by atoms with Crippen LogP contribution >= 0.6 is 0 Å². The van der Waals surface area contributed by atoms with Crippen LogP contribution in [0.2, 0.25) is 13.1 Å². The van der Waals surface area contributed by atoms with Gasteiger partial charge in [0.25, 0.3) is 0 Å². The molecule has 3 heteroatoms. The molecule has 190 valence electrons. The highest BCUT2D eigenvalue weighted by Gasteiger charge is 2.18. The first kappa shape index (κ1) is 26.7. The molecule has 0 fully saturated rings. The van der Waals surface area contributed by atoms with Crippen molar-refractivity contribution in [3.8, 4) is 5.75 Å². The maximum absolute atomic E-state index is 6.04. The van der Waals surface area contributed by atoms with E-state index in [1.54, 1.807) is 0 Å². The van der Waals surface area contributed by atoms with E-state index in [0.29, 0.717) is 6.61 Å². The van der Waals surface area contributed by atoms with Crippen LogP contribution in [0.5, 0.6) is 5.75 Å². The zero-order chi connectivity index (χ0) is 26.3. The van der Waals surface area contributed by atoms with E-state index in [-0.39, 0.29) is 0 Å². The van der Waals surface area contributed by atoms with Crippen molar-refractivity contribution >= 4 is 19.3 Å². The van der Waals surface area contributed by atoms with Crippen LogP contribution in [-0.2, 0) is 19.7 Å². The van der Waals surface area contributed by atoms with Gasteiger partial charge in [0, 0.05) is 13.1 Å². The third-order valence-corrected chi connectivity index (χ3v) is 9.81. The highest BCUT2D eigenvalue weighted by atomic mass is 28.3. The van der Waals surface area contributed by atoms with Crippen LogP contribution in [0.15, 0.2) is 96.7 Å². The van der Waals surface area contributed by atoms with Gasteiger partial charge in [-0.3, -0.25) is 0 Å². The monoisotopic (exact) mass is 505 g/mol. The minimum Gasteiger partial charge on any atom is -0.489 e. The zero-order valence-corrected chi connectivity index (χ0v) is 23.8. The Balaban J connectivity index is 1.25. The molecule has 0 bridgehead atoms. The second kappa shape index (κ2) is 12.2. The fraction of sp³-hybridized carbons (Fsp3) is 0.235. The lowest BCUT2D eigenvalue weighted by atomic mass is 10.00. The summed E-state index contributed by atoms with van der Waals surface area (Å²) in [7, 11) is -1.58. The van der Waals surface area contributed by atoms with Crippen LogP contribution in [0.4, 0.5) is 0 Å². The average molecular weight is 506 g/mol. The Morgan fingerprint density at radius 2 is 1.35 bits per heavy atom. The van der Waals surface area contributed by atoms with Crippen molar-refractivity contribution in [3.05, 3.63) is 136 Å². The molecular formula is C34H39NOSi. The van der Waals surface area contributed by atoms with Crippen LogP contribution < -0.4 is 15.2 Å². The van der Waals surface area contributed by atoms with E-state index in [2.05, 4.69) is 142 Å². The van der Waals surface area contributed by atoms with E-state index in [1.807, 2.05) is 0 Å². The van der Waals surface area contributed by atoms with Crippen LogP contribution in [-0.4, -0.2) is 8.07 Å². The van der Waals surface area contributed by atoms with Gasteiger partial charge < -0.3 is 10.1 Å². The third-order valence-electron chi connectivity index (χ3n) is 6.99. The number of rotatable bonds is 10. The Hall–Kier alpha value is -3.40. The third kappa shape index (κ3) is 7.54. The van der Waals surface area contributed by atoms with E-state index in [4.69, 9.17) is 4.74 Å². The summed E-state index contributed by atoms with van der Waals surface area (Å²) in [5.41, 5.74) is 11.5. The molecular weight excluding hydrogens is 466 g/mol. The average Bonchev–Trinajstić information content (AvgIpc) is 2.89. The van der Waals surface area contributed by atoms with Gasteiger partial charge in [-0.2, -0.15) is 0 Å². The summed E-state index contributed by atoms with van der Waals surface area (Å²) in [5, 5.41) is 5.04. The molecule has 0 spiro atoms. The second-order valence-electron chi connectivity index (χ2n) is 10.6. The summed E-state index contributed by atoms with van der Waals surface area (Å²) in [5.74, 6) is 0.897. The highest BCUT2D eigenvalue weighted by Crippen LogP contribution is 2.18. The molecule has 4 aromatic rings. The Labute approximate surface area is 224 Å². The molecule has 0 aromatic heterocycles. The van der Waals surface area contributed by atoms with Crippen molar-refractivity contribution < 1.29 is 4.74 Å². The van der Waals surface area contributed by atoms with Crippen molar-refractivity contribution in [2.45, 2.75) is 53.6 Å². The largest absolute Gasteiger partial charge is 0.489 e. The Kier molecular flexibility index (Phi) is 8.81. The predicted molar refractivity (Wildman–Crippen MR) is 161 cm³/mol. The van der Waals surface area contributed by atoms with Crippen LogP contribution in [0.1, 0.15) is 38.9 Å². The Morgan fingerprint density at radius 1 is 0.730 bits per heavy atom. The molecule has 0 heterocycles. The maximum Gasteiger partial charge on any atom is 0.119 e. The highest BCUT2D eigenvalue weighted by molar-refractivity contribution is 6.94. The first-order valence-corrected chi connectivity index (χ1v) is 16.2. The second-order valence-corrected chi connectivity index (χ2v) is 14.9. The van der Waals surface area contributed by atoms with Crippen molar-refractivity contribution in [2.24, 2.45) is 0 Å². The van der Waals surface area contributed by atoms with E-state index >= 15 is 0 Å². The molecule has 0 unspecified atom stereocenters. The van der Waals surface area contributed by atoms with Crippen molar-refractivity contribution in [1.82, 2.24) is 5.32 Å². The lowest BCUT2D eigenvalue weighted by molar-refractivity contribution is 0.306. The van der Waals surface area contributed by atoms with Gasteiger partial charge in [0.2, 0.25) is 0 Å². The van der Waals surface area contributed by atoms with Crippen molar-refractivity contribution in [3.63, 3.8) is 0 Å². The maximum atomic E-state index is 6.04.